The number of hydrogen-bond acceptors (Lipinski definition) is 3. The van der Waals surface area contributed by atoms with E-state index in [0.717, 1.165) is 30.4 Å². The molecule has 0 saturated heterocycles. The SMILES string of the molecule is C=C(C)C1CCC(C)=CC1Cc1c(O)cc(CCc2ccc(O)cc2)cc1O. The van der Waals surface area contributed by atoms with Crippen molar-refractivity contribution in [2.24, 2.45) is 11.8 Å². The largest absolute Gasteiger partial charge is 0.508 e. The van der Waals surface area contributed by atoms with Crippen molar-refractivity contribution in [3.8, 4) is 17.2 Å². The molecule has 1 aliphatic rings. The molecular weight excluding hydrogens is 348 g/mol. The molecule has 3 rings (SSSR count). The molecule has 28 heavy (non-hydrogen) atoms. The van der Waals surface area contributed by atoms with Gasteiger partial charge in [-0.05, 0) is 93.2 Å². The summed E-state index contributed by atoms with van der Waals surface area (Å²) in [5.41, 5.74) is 5.16. The van der Waals surface area contributed by atoms with Crippen molar-refractivity contribution in [2.75, 3.05) is 0 Å². The molecule has 0 heterocycles. The summed E-state index contributed by atoms with van der Waals surface area (Å²) in [5.74, 6) is 1.22. The molecule has 2 aromatic rings. The minimum Gasteiger partial charge on any atom is -0.508 e. The van der Waals surface area contributed by atoms with E-state index in [1.54, 1.807) is 24.3 Å². The predicted molar refractivity (Wildman–Crippen MR) is 114 cm³/mol. The summed E-state index contributed by atoms with van der Waals surface area (Å²) < 4.78 is 0. The molecule has 2 unspecified atom stereocenters. The third kappa shape index (κ3) is 4.78. The molecule has 0 fully saturated rings. The van der Waals surface area contributed by atoms with Crippen LogP contribution >= 0.6 is 0 Å². The number of phenolic OH excluding ortho intramolecular Hbond substituents is 3. The molecule has 0 amide bonds. The van der Waals surface area contributed by atoms with Gasteiger partial charge in [0, 0.05) is 5.56 Å². The lowest BCUT2D eigenvalue weighted by Crippen LogP contribution is -2.20. The summed E-state index contributed by atoms with van der Waals surface area (Å²) in [4.78, 5) is 0. The molecule has 0 aliphatic heterocycles. The first-order valence-electron chi connectivity index (χ1n) is 9.98. The molecule has 0 bridgehead atoms. The molecule has 3 heteroatoms. The van der Waals surface area contributed by atoms with E-state index in [4.69, 9.17) is 0 Å². The van der Waals surface area contributed by atoms with Crippen LogP contribution in [0.15, 0.2) is 60.2 Å². The molecular formula is C25H30O3. The van der Waals surface area contributed by atoms with Gasteiger partial charge in [0.25, 0.3) is 0 Å². The van der Waals surface area contributed by atoms with Gasteiger partial charge in [0.1, 0.15) is 17.2 Å². The van der Waals surface area contributed by atoms with E-state index in [0.29, 0.717) is 24.3 Å². The molecule has 1 aliphatic carbocycles. The summed E-state index contributed by atoms with van der Waals surface area (Å²) >= 11 is 0. The van der Waals surface area contributed by atoms with Gasteiger partial charge in [-0.15, -0.1) is 0 Å². The summed E-state index contributed by atoms with van der Waals surface area (Å²) in [5, 5.41) is 30.6. The molecule has 2 atom stereocenters. The van der Waals surface area contributed by atoms with E-state index in [-0.39, 0.29) is 23.2 Å². The Morgan fingerprint density at radius 2 is 1.61 bits per heavy atom. The zero-order chi connectivity index (χ0) is 20.3. The zero-order valence-electron chi connectivity index (χ0n) is 16.8. The topological polar surface area (TPSA) is 60.7 Å². The Labute approximate surface area is 167 Å². The average molecular weight is 379 g/mol. The summed E-state index contributed by atoms with van der Waals surface area (Å²) in [6, 6.07) is 10.7. The van der Waals surface area contributed by atoms with E-state index < -0.39 is 0 Å². The van der Waals surface area contributed by atoms with Crippen LogP contribution in [-0.4, -0.2) is 15.3 Å². The molecule has 3 nitrogen and oxygen atoms in total. The van der Waals surface area contributed by atoms with Crippen LogP contribution < -0.4 is 0 Å². The summed E-state index contributed by atoms with van der Waals surface area (Å²) in [6.45, 7) is 8.36. The fourth-order valence-electron chi connectivity index (χ4n) is 4.21. The van der Waals surface area contributed by atoms with Crippen LogP contribution in [0, 0.1) is 11.8 Å². The third-order valence-electron chi connectivity index (χ3n) is 5.84. The quantitative estimate of drug-likeness (QED) is 0.567. The zero-order valence-corrected chi connectivity index (χ0v) is 16.8. The number of aromatic hydroxyl groups is 3. The lowest BCUT2D eigenvalue weighted by molar-refractivity contribution is 0.379. The number of rotatable bonds is 6. The smallest absolute Gasteiger partial charge is 0.122 e. The van der Waals surface area contributed by atoms with Gasteiger partial charge in [-0.1, -0.05) is 35.9 Å². The first kappa shape index (κ1) is 20.1. The van der Waals surface area contributed by atoms with E-state index in [2.05, 4.69) is 26.5 Å². The molecule has 148 valence electrons. The Morgan fingerprint density at radius 3 is 2.21 bits per heavy atom. The van der Waals surface area contributed by atoms with Gasteiger partial charge in [-0.2, -0.15) is 0 Å². The van der Waals surface area contributed by atoms with E-state index >= 15 is 0 Å². The summed E-state index contributed by atoms with van der Waals surface area (Å²) in [7, 11) is 0. The van der Waals surface area contributed by atoms with Gasteiger partial charge < -0.3 is 15.3 Å². The highest BCUT2D eigenvalue weighted by Crippen LogP contribution is 2.39. The van der Waals surface area contributed by atoms with Crippen LogP contribution in [0.2, 0.25) is 0 Å². The van der Waals surface area contributed by atoms with Gasteiger partial charge in [-0.3, -0.25) is 0 Å². The van der Waals surface area contributed by atoms with Gasteiger partial charge in [0.15, 0.2) is 0 Å². The Hall–Kier alpha value is -2.68. The minimum absolute atomic E-state index is 0.165. The fraction of sp³-hybridized carbons (Fsp3) is 0.360. The maximum absolute atomic E-state index is 10.6. The molecule has 3 N–H and O–H groups in total. The van der Waals surface area contributed by atoms with Gasteiger partial charge in [0.05, 0.1) is 0 Å². The number of aryl methyl sites for hydroxylation is 2. The van der Waals surface area contributed by atoms with Crippen LogP contribution in [0.1, 0.15) is 43.4 Å². The molecule has 0 saturated carbocycles. The maximum atomic E-state index is 10.6. The second kappa shape index (κ2) is 8.55. The Bertz CT molecular complexity index is 854. The minimum atomic E-state index is 0.165. The molecule has 0 aromatic heterocycles. The van der Waals surface area contributed by atoms with Crippen LogP contribution in [-0.2, 0) is 19.3 Å². The highest BCUT2D eigenvalue weighted by molar-refractivity contribution is 5.47. The lowest BCUT2D eigenvalue weighted by atomic mass is 9.75. The van der Waals surface area contributed by atoms with Crippen LogP contribution in [0.3, 0.4) is 0 Å². The third-order valence-corrected chi connectivity index (χ3v) is 5.84. The van der Waals surface area contributed by atoms with E-state index in [1.807, 2.05) is 12.1 Å². The predicted octanol–water partition coefficient (Wildman–Crippen LogP) is 5.68. The Morgan fingerprint density at radius 1 is 1.00 bits per heavy atom. The van der Waals surface area contributed by atoms with Gasteiger partial charge in [0.2, 0.25) is 0 Å². The first-order chi connectivity index (χ1) is 13.3. The maximum Gasteiger partial charge on any atom is 0.122 e. The number of allylic oxidation sites excluding steroid dienone is 3. The summed E-state index contributed by atoms with van der Waals surface area (Å²) in [6.07, 6.45) is 6.55. The fourth-order valence-corrected chi connectivity index (χ4v) is 4.21. The van der Waals surface area contributed by atoms with Crippen molar-refractivity contribution in [3.05, 3.63) is 76.9 Å². The van der Waals surface area contributed by atoms with Crippen LogP contribution in [0.25, 0.3) is 0 Å². The number of phenols is 3. The van der Waals surface area contributed by atoms with E-state index in [1.165, 1.54) is 11.1 Å². The highest BCUT2D eigenvalue weighted by Gasteiger charge is 2.26. The Balaban J connectivity index is 1.75. The normalized spacial score (nSPS) is 19.3. The van der Waals surface area contributed by atoms with Crippen molar-refractivity contribution in [2.45, 2.75) is 46.0 Å². The highest BCUT2D eigenvalue weighted by atomic mass is 16.3. The Kier molecular flexibility index (Phi) is 6.13. The number of benzene rings is 2. The van der Waals surface area contributed by atoms with Crippen molar-refractivity contribution in [1.82, 2.24) is 0 Å². The average Bonchev–Trinajstić information content (AvgIpc) is 2.64. The molecule has 2 aromatic carbocycles. The number of hydrogen-bond donors (Lipinski definition) is 3. The van der Waals surface area contributed by atoms with Crippen molar-refractivity contribution in [1.29, 1.82) is 0 Å². The monoisotopic (exact) mass is 378 g/mol. The van der Waals surface area contributed by atoms with Crippen molar-refractivity contribution >= 4 is 0 Å². The van der Waals surface area contributed by atoms with Crippen LogP contribution in [0.4, 0.5) is 0 Å². The standard InChI is InChI=1S/C25H30O3/c1-16(2)22-11-4-17(3)12-20(22)15-23-24(27)13-19(14-25(23)28)6-5-18-7-9-21(26)10-8-18/h7-10,12-14,20,22,26-28H,1,4-6,11,15H2,2-3H3. The molecule has 0 radical (unpaired) electrons. The van der Waals surface area contributed by atoms with Crippen molar-refractivity contribution in [3.63, 3.8) is 0 Å². The van der Waals surface area contributed by atoms with E-state index in [9.17, 15) is 15.3 Å². The lowest BCUT2D eigenvalue weighted by Gasteiger charge is -2.30. The van der Waals surface area contributed by atoms with Gasteiger partial charge >= 0.3 is 0 Å². The van der Waals surface area contributed by atoms with Crippen LogP contribution in [0.5, 0.6) is 17.2 Å². The molecule has 0 spiro atoms. The van der Waals surface area contributed by atoms with Crippen molar-refractivity contribution < 1.29 is 15.3 Å². The van der Waals surface area contributed by atoms with Gasteiger partial charge in [-0.25, -0.2) is 0 Å². The second-order valence-electron chi connectivity index (χ2n) is 8.15. The first-order valence-corrected chi connectivity index (χ1v) is 9.98. The second-order valence-corrected chi connectivity index (χ2v) is 8.15.